The maximum absolute atomic E-state index is 13.9. The molecule has 3 aromatic rings. The van der Waals surface area contributed by atoms with Crippen LogP contribution in [0.15, 0.2) is 36.4 Å². The second kappa shape index (κ2) is 12.2. The summed E-state index contributed by atoms with van der Waals surface area (Å²) in [4.78, 5) is 20.8. The average Bonchev–Trinajstić information content (AvgIpc) is 3.23. The van der Waals surface area contributed by atoms with Crippen molar-refractivity contribution in [3.8, 4) is 11.5 Å². The van der Waals surface area contributed by atoms with Gasteiger partial charge in [0.2, 0.25) is 0 Å². The summed E-state index contributed by atoms with van der Waals surface area (Å²) in [6, 6.07) is 11.3. The number of rotatable bonds is 10. The Labute approximate surface area is 229 Å². The number of methoxy groups -OCH3 is 2. The number of imidazole rings is 1. The number of benzene rings is 2. The molecule has 0 bridgehead atoms. The number of amides is 1. The van der Waals surface area contributed by atoms with Crippen LogP contribution in [0.4, 0.5) is 0 Å². The highest BCUT2D eigenvalue weighted by molar-refractivity contribution is 6.35. The molecule has 0 saturated heterocycles. The van der Waals surface area contributed by atoms with Crippen molar-refractivity contribution >= 4 is 29.1 Å². The molecule has 198 valence electrons. The Morgan fingerprint density at radius 2 is 1.84 bits per heavy atom. The van der Waals surface area contributed by atoms with Gasteiger partial charge in [0, 0.05) is 17.3 Å². The Balaban J connectivity index is 1.72. The highest BCUT2D eigenvalue weighted by Gasteiger charge is 2.27. The summed E-state index contributed by atoms with van der Waals surface area (Å²) in [6.45, 7) is 5.91. The maximum Gasteiger partial charge on any atom is 0.255 e. The topological polar surface area (TPSA) is 56.6 Å². The molecular formula is C29H35Cl2N3O3. The van der Waals surface area contributed by atoms with Gasteiger partial charge < -0.3 is 18.9 Å². The van der Waals surface area contributed by atoms with Crippen LogP contribution in [0.25, 0.3) is 0 Å². The number of hydrogen-bond donors (Lipinski definition) is 0. The molecular weight excluding hydrogens is 509 g/mol. The number of aryl methyl sites for hydroxylation is 1. The fourth-order valence-corrected chi connectivity index (χ4v) is 5.33. The molecule has 0 aliphatic heterocycles. The van der Waals surface area contributed by atoms with E-state index in [9.17, 15) is 4.79 Å². The molecule has 4 rings (SSSR count). The molecule has 0 radical (unpaired) electrons. The Bertz CT molecular complexity index is 1260. The Kier molecular flexibility index (Phi) is 9.04. The van der Waals surface area contributed by atoms with Gasteiger partial charge >= 0.3 is 0 Å². The van der Waals surface area contributed by atoms with Crippen molar-refractivity contribution in [1.82, 2.24) is 14.5 Å². The lowest BCUT2D eigenvalue weighted by Crippen LogP contribution is -2.33. The second-order valence-electron chi connectivity index (χ2n) is 9.88. The van der Waals surface area contributed by atoms with Crippen molar-refractivity contribution in [1.29, 1.82) is 0 Å². The quantitative estimate of drug-likeness (QED) is 0.281. The highest BCUT2D eigenvalue weighted by Crippen LogP contribution is 2.38. The van der Waals surface area contributed by atoms with E-state index in [0.29, 0.717) is 42.6 Å². The lowest BCUT2D eigenvalue weighted by atomic mass is 10.0. The van der Waals surface area contributed by atoms with Gasteiger partial charge in [0.1, 0.15) is 5.82 Å². The molecule has 0 fully saturated rings. The Morgan fingerprint density at radius 3 is 2.54 bits per heavy atom. The first-order valence-electron chi connectivity index (χ1n) is 12.8. The van der Waals surface area contributed by atoms with Crippen LogP contribution < -0.4 is 9.47 Å². The van der Waals surface area contributed by atoms with Crippen LogP contribution in [0.1, 0.15) is 66.2 Å². The van der Waals surface area contributed by atoms with E-state index >= 15 is 0 Å². The normalized spacial score (nSPS) is 12.9. The molecule has 0 spiro atoms. The van der Waals surface area contributed by atoms with Crippen LogP contribution in [0, 0.1) is 5.92 Å². The van der Waals surface area contributed by atoms with E-state index in [2.05, 4.69) is 18.4 Å². The smallest absolute Gasteiger partial charge is 0.255 e. The minimum absolute atomic E-state index is 0.156. The van der Waals surface area contributed by atoms with Crippen molar-refractivity contribution < 1.29 is 14.3 Å². The zero-order valence-corrected chi connectivity index (χ0v) is 23.5. The summed E-state index contributed by atoms with van der Waals surface area (Å²) in [7, 11) is 3.07. The first kappa shape index (κ1) is 27.3. The first-order valence-corrected chi connectivity index (χ1v) is 13.6. The van der Waals surface area contributed by atoms with Crippen LogP contribution in [0.3, 0.4) is 0 Å². The van der Waals surface area contributed by atoms with Crippen molar-refractivity contribution in [3.05, 3.63) is 74.8 Å². The molecule has 0 saturated carbocycles. The summed E-state index contributed by atoms with van der Waals surface area (Å²) in [5, 5.41) is 0.983. The van der Waals surface area contributed by atoms with Crippen molar-refractivity contribution in [2.24, 2.45) is 5.92 Å². The summed E-state index contributed by atoms with van der Waals surface area (Å²) < 4.78 is 13.1. The third kappa shape index (κ3) is 6.07. The van der Waals surface area contributed by atoms with Gasteiger partial charge in [-0.1, -0.05) is 55.2 Å². The lowest BCUT2D eigenvalue weighted by Gasteiger charge is -2.25. The molecule has 1 aromatic heterocycles. The van der Waals surface area contributed by atoms with E-state index in [1.54, 1.807) is 19.2 Å². The fraction of sp³-hybridized carbons (Fsp3) is 0.448. The monoisotopic (exact) mass is 543 g/mol. The number of halogens is 2. The minimum atomic E-state index is -0.156. The zero-order valence-electron chi connectivity index (χ0n) is 22.0. The molecule has 0 atom stereocenters. The highest BCUT2D eigenvalue weighted by atomic mass is 35.5. The number of ether oxygens (including phenoxy) is 2. The van der Waals surface area contributed by atoms with Crippen LogP contribution >= 0.6 is 23.2 Å². The molecule has 2 aromatic carbocycles. The average molecular weight is 545 g/mol. The molecule has 8 heteroatoms. The lowest BCUT2D eigenvalue weighted by molar-refractivity contribution is 0.0729. The van der Waals surface area contributed by atoms with Crippen molar-refractivity contribution in [2.45, 2.75) is 59.0 Å². The third-order valence-corrected chi connectivity index (χ3v) is 7.65. The first-order chi connectivity index (χ1) is 17.8. The number of aromatic nitrogens is 2. The van der Waals surface area contributed by atoms with Gasteiger partial charge in [0.15, 0.2) is 11.5 Å². The molecule has 0 N–H and O–H groups in total. The summed E-state index contributed by atoms with van der Waals surface area (Å²) in [5.41, 5.74) is 3.81. The van der Waals surface area contributed by atoms with Gasteiger partial charge in [-0.15, -0.1) is 0 Å². The largest absolute Gasteiger partial charge is 0.493 e. The fourth-order valence-electron chi connectivity index (χ4n) is 4.82. The predicted octanol–water partition coefficient (Wildman–Crippen LogP) is 6.82. The molecule has 1 aliphatic rings. The van der Waals surface area contributed by atoms with E-state index in [-0.39, 0.29) is 10.9 Å². The predicted molar refractivity (Wildman–Crippen MR) is 148 cm³/mol. The van der Waals surface area contributed by atoms with E-state index in [1.807, 2.05) is 29.2 Å². The Hall–Kier alpha value is -2.70. The number of nitrogens with zero attached hydrogens (tertiary/aromatic N) is 3. The van der Waals surface area contributed by atoms with Gasteiger partial charge in [-0.25, -0.2) is 4.98 Å². The van der Waals surface area contributed by atoms with E-state index in [4.69, 9.17) is 37.7 Å². The van der Waals surface area contributed by atoms with Crippen molar-refractivity contribution in [3.63, 3.8) is 0 Å². The van der Waals surface area contributed by atoms with Gasteiger partial charge in [-0.3, -0.25) is 4.79 Å². The van der Waals surface area contributed by atoms with Crippen molar-refractivity contribution in [2.75, 3.05) is 20.8 Å². The van der Waals surface area contributed by atoms with Gasteiger partial charge in [-0.05, 0) is 61.8 Å². The van der Waals surface area contributed by atoms with Crippen LogP contribution in [0.2, 0.25) is 10.0 Å². The number of hydrogen-bond acceptors (Lipinski definition) is 4. The molecule has 1 heterocycles. The summed E-state index contributed by atoms with van der Waals surface area (Å²) >= 11 is 13.2. The number of fused-ring (bicyclic) bond motifs is 1. The molecule has 37 heavy (non-hydrogen) atoms. The third-order valence-electron chi connectivity index (χ3n) is 6.91. The van der Waals surface area contributed by atoms with E-state index in [0.717, 1.165) is 54.2 Å². The van der Waals surface area contributed by atoms with E-state index in [1.165, 1.54) is 12.8 Å². The zero-order chi connectivity index (χ0) is 26.5. The summed E-state index contributed by atoms with van der Waals surface area (Å²) in [5.74, 6) is 2.00. The maximum atomic E-state index is 13.9. The summed E-state index contributed by atoms with van der Waals surface area (Å²) in [6.07, 6.45) is 5.07. The van der Waals surface area contributed by atoms with Gasteiger partial charge in [-0.2, -0.15) is 0 Å². The standard InChI is InChI=1S/C29H35Cl2N3O3/c1-19(2)15-16-33(29(35)21-13-14-25(36-3)28(37-4)27(21)31)18-26-32-23-11-7-8-12-24(23)34(26)17-20-9-5-6-10-22(20)30/h5-6,9-10,13-14,19H,7-8,11-12,15-18H2,1-4H3. The molecule has 1 aliphatic carbocycles. The Morgan fingerprint density at radius 1 is 1.08 bits per heavy atom. The van der Waals surface area contributed by atoms with Gasteiger partial charge in [0.05, 0.1) is 43.6 Å². The second-order valence-corrected chi connectivity index (χ2v) is 10.7. The van der Waals surface area contributed by atoms with Crippen LogP contribution in [-0.2, 0) is 25.9 Å². The molecule has 1 amide bonds. The van der Waals surface area contributed by atoms with E-state index < -0.39 is 0 Å². The minimum Gasteiger partial charge on any atom is -0.493 e. The molecule has 0 unspecified atom stereocenters. The van der Waals surface area contributed by atoms with Gasteiger partial charge in [0.25, 0.3) is 5.91 Å². The van der Waals surface area contributed by atoms with Crippen LogP contribution in [0.5, 0.6) is 11.5 Å². The number of carbonyl (C=O) groups is 1. The molecule has 6 nitrogen and oxygen atoms in total. The van der Waals surface area contributed by atoms with Crippen LogP contribution in [-0.4, -0.2) is 41.1 Å². The SMILES string of the molecule is COc1ccc(C(=O)N(CCC(C)C)Cc2nc3c(n2Cc2ccccc2Cl)CCCC3)c(Cl)c1OC. The number of carbonyl (C=O) groups excluding carboxylic acids is 1.